The first kappa shape index (κ1) is 26.1. The highest BCUT2D eigenvalue weighted by molar-refractivity contribution is 7.98. The topological polar surface area (TPSA) is 231 Å². The summed E-state index contributed by atoms with van der Waals surface area (Å²) >= 11 is 1.34. The molecule has 0 aromatic rings. The van der Waals surface area contributed by atoms with Gasteiger partial charge in [0.1, 0.15) is 18.1 Å². The Morgan fingerprint density at radius 3 is 1.90 bits per heavy atom. The molecule has 0 aromatic heterocycles. The van der Waals surface area contributed by atoms with E-state index in [1.807, 2.05) is 0 Å². The largest absolute Gasteiger partial charge is 0.481 e. The molecule has 0 fully saturated rings. The summed E-state index contributed by atoms with van der Waals surface area (Å²) in [6.45, 7) is -0.479. The Balaban J connectivity index is 5.35. The second kappa shape index (κ2) is 13.3. The average Bonchev–Trinajstić information content (AvgIpc) is 2.62. The van der Waals surface area contributed by atoms with Crippen molar-refractivity contribution in [1.82, 2.24) is 16.0 Å². The van der Waals surface area contributed by atoms with Crippen LogP contribution in [0.3, 0.4) is 0 Å². The Hall–Kier alpha value is -2.87. The maximum absolute atomic E-state index is 12.4. The summed E-state index contributed by atoms with van der Waals surface area (Å²) in [6, 6.07) is -4.33. The Labute approximate surface area is 170 Å². The van der Waals surface area contributed by atoms with Crippen LogP contribution in [0.1, 0.15) is 19.3 Å². The summed E-state index contributed by atoms with van der Waals surface area (Å²) < 4.78 is 0. The third kappa shape index (κ3) is 10.9. The van der Waals surface area contributed by atoms with Gasteiger partial charge in [0.2, 0.25) is 23.6 Å². The van der Waals surface area contributed by atoms with Crippen molar-refractivity contribution in [3.8, 4) is 0 Å². The van der Waals surface area contributed by atoms with E-state index < -0.39 is 73.1 Å². The molecule has 0 aliphatic heterocycles. The molecule has 0 aliphatic rings. The molecule has 0 saturated carbocycles. The molecule has 14 heteroatoms. The average molecular weight is 435 g/mol. The molecule has 0 radical (unpaired) electrons. The van der Waals surface area contributed by atoms with Gasteiger partial charge in [0.15, 0.2) is 0 Å². The first-order chi connectivity index (χ1) is 13.5. The van der Waals surface area contributed by atoms with Crippen molar-refractivity contribution in [3.63, 3.8) is 0 Å². The molecule has 29 heavy (non-hydrogen) atoms. The van der Waals surface area contributed by atoms with Crippen molar-refractivity contribution < 1.29 is 39.0 Å². The second-order valence-electron chi connectivity index (χ2n) is 5.83. The highest BCUT2D eigenvalue weighted by Gasteiger charge is 2.30. The lowest BCUT2D eigenvalue weighted by Crippen LogP contribution is -2.57. The second-order valence-corrected chi connectivity index (χ2v) is 6.82. The molecule has 4 amide bonds. The van der Waals surface area contributed by atoms with Crippen molar-refractivity contribution in [3.05, 3.63) is 0 Å². The zero-order valence-electron chi connectivity index (χ0n) is 15.7. The van der Waals surface area contributed by atoms with Crippen molar-refractivity contribution in [2.24, 2.45) is 11.5 Å². The van der Waals surface area contributed by atoms with E-state index in [9.17, 15) is 28.8 Å². The predicted molar refractivity (Wildman–Crippen MR) is 102 cm³/mol. The van der Waals surface area contributed by atoms with E-state index in [-0.39, 0.29) is 6.42 Å². The number of thioether (sulfide) groups is 1. The van der Waals surface area contributed by atoms with Crippen LogP contribution in [0.4, 0.5) is 0 Å². The molecule has 164 valence electrons. The van der Waals surface area contributed by atoms with Crippen molar-refractivity contribution in [2.45, 2.75) is 37.4 Å². The zero-order valence-corrected chi connectivity index (χ0v) is 16.5. The number of primary amides is 1. The molecule has 9 N–H and O–H groups in total. The van der Waals surface area contributed by atoms with E-state index in [1.54, 1.807) is 6.26 Å². The summed E-state index contributed by atoms with van der Waals surface area (Å²) in [5, 5.41) is 24.5. The van der Waals surface area contributed by atoms with Gasteiger partial charge in [-0.2, -0.15) is 11.8 Å². The van der Waals surface area contributed by atoms with Crippen LogP contribution in [-0.4, -0.2) is 82.5 Å². The third-order valence-corrected chi connectivity index (χ3v) is 4.12. The van der Waals surface area contributed by atoms with E-state index in [2.05, 4.69) is 16.0 Å². The molecule has 3 unspecified atom stereocenters. The van der Waals surface area contributed by atoms with Crippen molar-refractivity contribution in [2.75, 3.05) is 18.6 Å². The van der Waals surface area contributed by atoms with Gasteiger partial charge in [0.05, 0.1) is 19.4 Å². The fourth-order valence-electron chi connectivity index (χ4n) is 2.09. The number of nitrogens with two attached hydrogens (primary N) is 2. The molecule has 0 spiro atoms. The summed E-state index contributed by atoms with van der Waals surface area (Å²) in [7, 11) is 0. The van der Waals surface area contributed by atoms with Gasteiger partial charge in [-0.05, 0) is 18.4 Å². The molecule has 13 nitrogen and oxygen atoms in total. The number of carboxylic acids is 2. The minimum Gasteiger partial charge on any atom is -0.481 e. The van der Waals surface area contributed by atoms with Gasteiger partial charge < -0.3 is 37.6 Å². The van der Waals surface area contributed by atoms with E-state index in [0.29, 0.717) is 5.75 Å². The van der Waals surface area contributed by atoms with Crippen LogP contribution in [0, 0.1) is 0 Å². The van der Waals surface area contributed by atoms with Crippen molar-refractivity contribution >= 4 is 47.3 Å². The van der Waals surface area contributed by atoms with Crippen LogP contribution in [0.2, 0.25) is 0 Å². The lowest BCUT2D eigenvalue weighted by molar-refractivity contribution is -0.144. The maximum Gasteiger partial charge on any atom is 0.326 e. The predicted octanol–water partition coefficient (Wildman–Crippen LogP) is -3.41. The molecule has 0 aliphatic carbocycles. The number of carbonyl (C=O) groups is 6. The van der Waals surface area contributed by atoms with Gasteiger partial charge in [0.25, 0.3) is 0 Å². The highest BCUT2D eigenvalue weighted by atomic mass is 32.2. The number of carboxylic acid groups (broad SMARTS) is 2. The zero-order chi connectivity index (χ0) is 22.6. The van der Waals surface area contributed by atoms with Gasteiger partial charge in [-0.15, -0.1) is 0 Å². The van der Waals surface area contributed by atoms with Crippen LogP contribution in [0.25, 0.3) is 0 Å². The van der Waals surface area contributed by atoms with E-state index in [0.717, 1.165) is 0 Å². The lowest BCUT2D eigenvalue weighted by Gasteiger charge is -2.23. The van der Waals surface area contributed by atoms with Gasteiger partial charge in [0, 0.05) is 0 Å². The normalized spacial score (nSPS) is 13.4. The van der Waals surface area contributed by atoms with Crippen LogP contribution < -0.4 is 27.4 Å². The summed E-state index contributed by atoms with van der Waals surface area (Å²) in [5.41, 5.74) is 10.1. The highest BCUT2D eigenvalue weighted by Crippen LogP contribution is 2.04. The molecule has 0 rings (SSSR count). The Bertz CT molecular complexity index is 644. The summed E-state index contributed by atoms with van der Waals surface area (Å²) in [6.07, 6.45) is 0.400. The van der Waals surface area contributed by atoms with E-state index in [4.69, 9.17) is 21.7 Å². The number of aliphatic carboxylic acids is 2. The quantitative estimate of drug-likeness (QED) is 0.143. The first-order valence-corrected chi connectivity index (χ1v) is 9.73. The number of hydrogen-bond acceptors (Lipinski definition) is 8. The smallest absolute Gasteiger partial charge is 0.326 e. The minimum atomic E-state index is -1.60. The van der Waals surface area contributed by atoms with E-state index >= 15 is 0 Å². The molecular weight excluding hydrogens is 410 g/mol. The molecule has 3 atom stereocenters. The Morgan fingerprint density at radius 2 is 1.45 bits per heavy atom. The number of nitrogens with one attached hydrogen (secondary N) is 3. The maximum atomic E-state index is 12.4. The van der Waals surface area contributed by atoms with Crippen LogP contribution in [0.5, 0.6) is 0 Å². The lowest BCUT2D eigenvalue weighted by atomic mass is 10.1. The molecule has 0 saturated heterocycles. The van der Waals surface area contributed by atoms with Gasteiger partial charge in [-0.25, -0.2) is 4.79 Å². The summed E-state index contributed by atoms with van der Waals surface area (Å²) in [5.74, 6) is -6.06. The number of amides is 4. The SMILES string of the molecule is CSCCC(NC(=O)C(CC(=O)O)NC(=O)CN)C(=O)NC(CC(N)=O)C(=O)O. The molecular formula is C15H25N5O8S. The monoisotopic (exact) mass is 435 g/mol. The van der Waals surface area contributed by atoms with Gasteiger partial charge >= 0.3 is 11.9 Å². The first-order valence-electron chi connectivity index (χ1n) is 8.33. The molecule has 0 aromatic carbocycles. The van der Waals surface area contributed by atoms with Crippen LogP contribution in [-0.2, 0) is 28.8 Å². The van der Waals surface area contributed by atoms with Crippen LogP contribution in [0.15, 0.2) is 0 Å². The standard InChI is InChI=1S/C15H25N5O8S/c1-29-3-2-7(13(25)20-9(15(27)28)4-10(17)21)19-14(26)8(5-12(23)24)18-11(22)6-16/h7-9H,2-6,16H2,1H3,(H2,17,21)(H,18,22)(H,19,26)(H,20,25)(H,23,24)(H,27,28). The summed E-state index contributed by atoms with van der Waals surface area (Å²) in [4.78, 5) is 69.3. The minimum absolute atomic E-state index is 0.0757. The number of carbonyl (C=O) groups excluding carboxylic acids is 4. The molecule has 0 heterocycles. The molecule has 0 bridgehead atoms. The van der Waals surface area contributed by atoms with Crippen LogP contribution >= 0.6 is 11.8 Å². The fraction of sp³-hybridized carbons (Fsp3) is 0.600. The Morgan fingerprint density at radius 1 is 0.897 bits per heavy atom. The number of hydrogen-bond donors (Lipinski definition) is 7. The Kier molecular flexibility index (Phi) is 12.0. The number of rotatable bonds is 14. The third-order valence-electron chi connectivity index (χ3n) is 3.48. The fourth-order valence-corrected chi connectivity index (χ4v) is 2.56. The van der Waals surface area contributed by atoms with E-state index in [1.165, 1.54) is 11.8 Å². The van der Waals surface area contributed by atoms with Crippen molar-refractivity contribution in [1.29, 1.82) is 0 Å². The van der Waals surface area contributed by atoms with Gasteiger partial charge in [-0.3, -0.25) is 24.0 Å². The van der Waals surface area contributed by atoms with Gasteiger partial charge in [-0.1, -0.05) is 0 Å².